The molecule has 254 valence electrons. The van der Waals surface area contributed by atoms with Gasteiger partial charge in [-0.3, -0.25) is 9.59 Å². The number of aromatic nitrogens is 1. The van der Waals surface area contributed by atoms with Crippen molar-refractivity contribution in [2.45, 2.75) is 77.4 Å². The number of carbonyl (C=O) groups excluding carboxylic acids is 2. The van der Waals surface area contributed by atoms with Crippen molar-refractivity contribution in [1.29, 1.82) is 0 Å². The van der Waals surface area contributed by atoms with Crippen molar-refractivity contribution >= 4 is 17.5 Å². The molecule has 2 aliphatic rings. The van der Waals surface area contributed by atoms with Crippen molar-refractivity contribution < 1.29 is 23.5 Å². The average molecular weight is 662 g/mol. The molecule has 3 aromatic carbocycles. The number of nitrogens with one attached hydrogen (secondary N) is 1. The van der Waals surface area contributed by atoms with Gasteiger partial charge in [-0.15, -0.1) is 0 Å². The molecular weight excluding hydrogens is 617 g/mol. The largest absolute Gasteiger partial charge is 0.347 e. The van der Waals surface area contributed by atoms with E-state index in [0.29, 0.717) is 37.2 Å². The molecule has 2 amide bonds. The van der Waals surface area contributed by atoms with E-state index in [-0.39, 0.29) is 42.2 Å². The summed E-state index contributed by atoms with van der Waals surface area (Å²) in [7, 11) is 0. The van der Waals surface area contributed by atoms with E-state index < -0.39 is 5.79 Å². The van der Waals surface area contributed by atoms with Crippen molar-refractivity contribution in [3.8, 4) is 22.4 Å². The van der Waals surface area contributed by atoms with E-state index in [1.54, 1.807) is 23.2 Å². The minimum Gasteiger partial charge on any atom is -0.347 e. The number of ether oxygens (including phenoxy) is 2. The van der Waals surface area contributed by atoms with Gasteiger partial charge in [-0.1, -0.05) is 74.5 Å². The Kier molecular flexibility index (Phi) is 10.3. The van der Waals surface area contributed by atoms with Crippen molar-refractivity contribution in [2.24, 2.45) is 0 Å². The predicted octanol–water partition coefficient (Wildman–Crippen LogP) is 8.94. The molecule has 1 saturated heterocycles. The number of anilines is 1. The smallest absolute Gasteiger partial charge is 0.258 e. The number of para-hydroxylation sites is 1. The van der Waals surface area contributed by atoms with Crippen LogP contribution in [0.25, 0.3) is 22.4 Å². The van der Waals surface area contributed by atoms with E-state index >= 15 is 0 Å². The Balaban J connectivity index is 1.40. The Morgan fingerprint density at radius 1 is 0.898 bits per heavy atom. The van der Waals surface area contributed by atoms with Crippen LogP contribution in [0.4, 0.5) is 10.1 Å². The highest BCUT2D eigenvalue weighted by Crippen LogP contribution is 2.43. The monoisotopic (exact) mass is 661 g/mol. The van der Waals surface area contributed by atoms with Crippen molar-refractivity contribution in [1.82, 2.24) is 9.47 Å². The minimum absolute atomic E-state index is 0.00900. The first kappa shape index (κ1) is 34.1. The molecule has 0 bridgehead atoms. The van der Waals surface area contributed by atoms with Crippen LogP contribution in [0.2, 0.25) is 0 Å². The lowest BCUT2D eigenvalue weighted by atomic mass is 9.94. The zero-order chi connectivity index (χ0) is 34.5. The molecule has 4 aromatic rings. The summed E-state index contributed by atoms with van der Waals surface area (Å²) in [6.45, 7) is 9.03. The fraction of sp³-hybridized carbons (Fsp3) is 0.317. The van der Waals surface area contributed by atoms with Crippen LogP contribution in [0.1, 0.15) is 68.9 Å². The van der Waals surface area contributed by atoms with E-state index in [9.17, 15) is 14.0 Å². The highest BCUT2D eigenvalue weighted by atomic mass is 19.1. The zero-order valence-electron chi connectivity index (χ0n) is 28.6. The van der Waals surface area contributed by atoms with Crippen LogP contribution < -0.4 is 5.32 Å². The summed E-state index contributed by atoms with van der Waals surface area (Å²) in [5.41, 5.74) is 5.51. The molecule has 0 aliphatic carbocycles. The topological polar surface area (TPSA) is 72.8 Å². The molecule has 2 atom stereocenters. The highest BCUT2D eigenvalue weighted by molar-refractivity contribution is 6.12. The molecule has 8 heteroatoms. The van der Waals surface area contributed by atoms with Gasteiger partial charge in [0.1, 0.15) is 5.82 Å². The summed E-state index contributed by atoms with van der Waals surface area (Å²) >= 11 is 0. The standard InChI is InChI=1S/C41H44FN3O4/c1-28(2)38-37(40(47)43-32-16-10-6-11-17-32)36(29-14-8-5-9-15-29)39(30-18-20-31(42)21-19-30)45(38)25-22-33-26-34(49-41(3,4)48-33)27-35(46)44-23-12-7-13-24-44/h5-21,23,28,33-34H,22,24-27H2,1-4H3,(H,43,47)/t33-,34-/m1/s1. The summed E-state index contributed by atoms with van der Waals surface area (Å²) in [5, 5.41) is 3.13. The highest BCUT2D eigenvalue weighted by Gasteiger charge is 2.38. The number of allylic oxidation sites excluding steroid dienone is 2. The van der Waals surface area contributed by atoms with Gasteiger partial charge in [0.25, 0.3) is 5.91 Å². The van der Waals surface area contributed by atoms with Crippen molar-refractivity contribution in [3.63, 3.8) is 0 Å². The van der Waals surface area contributed by atoms with Gasteiger partial charge in [-0.2, -0.15) is 0 Å². The van der Waals surface area contributed by atoms with Gasteiger partial charge in [0.2, 0.25) is 5.91 Å². The second kappa shape index (κ2) is 14.8. The van der Waals surface area contributed by atoms with Crippen LogP contribution in [-0.2, 0) is 20.8 Å². The number of amides is 2. The van der Waals surface area contributed by atoms with Crippen LogP contribution in [0.3, 0.4) is 0 Å². The molecule has 0 spiro atoms. The SMILES string of the molecule is CC(C)c1c(C(=O)Nc2ccccc2)c(-c2ccccc2)c(-c2ccc(F)cc2)n1CC[C@@H]1C[C@H](CC(=O)N2C=CC=CC2)OC(C)(C)O1. The first-order valence-electron chi connectivity index (χ1n) is 17.0. The maximum atomic E-state index is 14.4. The summed E-state index contributed by atoms with van der Waals surface area (Å²) in [5.74, 6) is -1.44. The lowest BCUT2D eigenvalue weighted by molar-refractivity contribution is -0.300. The molecule has 6 rings (SSSR count). The molecule has 1 fully saturated rings. The number of benzene rings is 3. The number of hydrogen-bond acceptors (Lipinski definition) is 4. The molecule has 0 radical (unpaired) electrons. The number of hydrogen-bond donors (Lipinski definition) is 1. The van der Waals surface area contributed by atoms with E-state index in [4.69, 9.17) is 9.47 Å². The van der Waals surface area contributed by atoms with Gasteiger partial charge in [0, 0.05) is 42.7 Å². The summed E-state index contributed by atoms with van der Waals surface area (Å²) in [4.78, 5) is 29.2. The Morgan fingerprint density at radius 2 is 1.57 bits per heavy atom. The molecule has 2 aliphatic heterocycles. The van der Waals surface area contributed by atoms with E-state index in [1.807, 2.05) is 92.7 Å². The maximum Gasteiger partial charge on any atom is 0.258 e. The summed E-state index contributed by atoms with van der Waals surface area (Å²) in [6, 6.07) is 25.8. The second-order valence-electron chi connectivity index (χ2n) is 13.4. The lowest BCUT2D eigenvalue weighted by Crippen LogP contribution is -2.46. The molecule has 0 saturated carbocycles. The average Bonchev–Trinajstić information content (AvgIpc) is 3.44. The number of halogens is 1. The Labute approximate surface area is 288 Å². The van der Waals surface area contributed by atoms with Crippen LogP contribution in [-0.4, -0.2) is 45.8 Å². The van der Waals surface area contributed by atoms with E-state index in [2.05, 4.69) is 23.7 Å². The molecule has 0 unspecified atom stereocenters. The Morgan fingerprint density at radius 3 is 2.22 bits per heavy atom. The van der Waals surface area contributed by atoms with Gasteiger partial charge in [0.15, 0.2) is 5.79 Å². The molecular formula is C41H44FN3O4. The third-order valence-electron chi connectivity index (χ3n) is 8.93. The first-order valence-corrected chi connectivity index (χ1v) is 17.0. The quantitative estimate of drug-likeness (QED) is 0.184. The lowest BCUT2D eigenvalue weighted by Gasteiger charge is -2.41. The van der Waals surface area contributed by atoms with Gasteiger partial charge < -0.3 is 24.3 Å². The maximum absolute atomic E-state index is 14.4. The van der Waals surface area contributed by atoms with Crippen LogP contribution in [0, 0.1) is 5.82 Å². The fourth-order valence-corrected chi connectivity index (χ4v) is 6.97. The van der Waals surface area contributed by atoms with Crippen molar-refractivity contribution in [2.75, 3.05) is 11.9 Å². The van der Waals surface area contributed by atoms with Gasteiger partial charge in [0.05, 0.1) is 29.9 Å². The van der Waals surface area contributed by atoms with Crippen LogP contribution in [0.15, 0.2) is 109 Å². The number of carbonyl (C=O) groups is 2. The minimum atomic E-state index is -0.876. The number of rotatable bonds is 10. The van der Waals surface area contributed by atoms with Gasteiger partial charge >= 0.3 is 0 Å². The predicted molar refractivity (Wildman–Crippen MR) is 191 cm³/mol. The fourth-order valence-electron chi connectivity index (χ4n) is 6.97. The Hall–Kier alpha value is -4.79. The molecule has 1 aromatic heterocycles. The molecule has 49 heavy (non-hydrogen) atoms. The summed E-state index contributed by atoms with van der Waals surface area (Å²) in [6.07, 6.45) is 8.46. The molecule has 7 nitrogen and oxygen atoms in total. The molecule has 1 N–H and O–H groups in total. The van der Waals surface area contributed by atoms with Gasteiger partial charge in [-0.05, 0) is 79.8 Å². The number of nitrogens with zero attached hydrogens (tertiary/aromatic N) is 2. The van der Waals surface area contributed by atoms with Crippen LogP contribution in [0.5, 0.6) is 0 Å². The third kappa shape index (κ3) is 7.93. The second-order valence-corrected chi connectivity index (χ2v) is 13.4. The Bertz CT molecular complexity index is 1830. The zero-order valence-corrected chi connectivity index (χ0v) is 28.6. The van der Waals surface area contributed by atoms with E-state index in [0.717, 1.165) is 28.1 Å². The van der Waals surface area contributed by atoms with E-state index in [1.165, 1.54) is 12.1 Å². The normalized spacial score (nSPS) is 18.5. The first-order chi connectivity index (χ1) is 23.6. The third-order valence-corrected chi connectivity index (χ3v) is 8.93. The van der Waals surface area contributed by atoms with Crippen molar-refractivity contribution in [3.05, 3.63) is 126 Å². The molecule has 3 heterocycles. The van der Waals surface area contributed by atoms with Gasteiger partial charge in [-0.25, -0.2) is 4.39 Å². The van der Waals surface area contributed by atoms with Crippen LogP contribution >= 0.6 is 0 Å². The summed E-state index contributed by atoms with van der Waals surface area (Å²) < 4.78 is 29.2.